The molecule has 0 spiro atoms. The van der Waals surface area contributed by atoms with Gasteiger partial charge in [-0.2, -0.15) is 0 Å². The van der Waals surface area contributed by atoms with Crippen molar-refractivity contribution in [2.45, 2.75) is 31.1 Å². The van der Waals surface area contributed by atoms with Gasteiger partial charge in [-0.3, -0.25) is 4.79 Å². The van der Waals surface area contributed by atoms with Crippen molar-refractivity contribution in [1.29, 1.82) is 0 Å². The molecule has 0 aromatic heterocycles. The van der Waals surface area contributed by atoms with Gasteiger partial charge in [0.05, 0.1) is 9.89 Å². The summed E-state index contributed by atoms with van der Waals surface area (Å²) in [6, 6.07) is 4.82. The lowest BCUT2D eigenvalue weighted by Crippen LogP contribution is -2.29. The highest BCUT2D eigenvalue weighted by atomic mass is 79.9. The molecule has 4 heteroatoms. The lowest BCUT2D eigenvalue weighted by Gasteiger charge is -2.25. The third-order valence-corrected chi connectivity index (χ3v) is 4.31. The Morgan fingerprint density at radius 1 is 1.38 bits per heavy atom. The minimum atomic E-state index is -0.664. The predicted octanol–water partition coefficient (Wildman–Crippen LogP) is 4.17. The molecule has 1 saturated carbocycles. The summed E-state index contributed by atoms with van der Waals surface area (Å²) in [5.74, 6) is -0.346. The second kappa shape index (κ2) is 4.46. The van der Waals surface area contributed by atoms with E-state index in [1.54, 1.807) is 12.1 Å². The molecule has 86 valence electrons. The zero-order chi connectivity index (χ0) is 11.8. The lowest BCUT2D eigenvalue weighted by atomic mass is 9.80. The van der Waals surface area contributed by atoms with Crippen LogP contribution in [0.3, 0.4) is 0 Å². The largest absolute Gasteiger partial charge is 0.280 e. The average Bonchev–Trinajstić information content (AvgIpc) is 2.72. The van der Waals surface area contributed by atoms with E-state index < -0.39 is 5.41 Å². The van der Waals surface area contributed by atoms with Crippen molar-refractivity contribution in [3.05, 3.63) is 34.1 Å². The molecule has 0 N–H and O–H groups in total. The number of hydrogen-bond donors (Lipinski definition) is 0. The van der Waals surface area contributed by atoms with Crippen LogP contribution < -0.4 is 0 Å². The molecule has 1 aliphatic rings. The van der Waals surface area contributed by atoms with Gasteiger partial charge in [0.2, 0.25) is 5.24 Å². The van der Waals surface area contributed by atoms with E-state index in [0.717, 1.165) is 25.7 Å². The summed E-state index contributed by atoms with van der Waals surface area (Å²) in [4.78, 5) is 11.6. The standard InChI is InChI=1S/C12H11BrClFO/c13-9-4-3-8(7-10(9)15)12(11(14)16)5-1-2-6-12/h3-4,7H,1-2,5-6H2. The summed E-state index contributed by atoms with van der Waals surface area (Å²) in [5.41, 5.74) is 0.0361. The van der Waals surface area contributed by atoms with Gasteiger partial charge in [-0.05, 0) is 58.1 Å². The van der Waals surface area contributed by atoms with Crippen LogP contribution in [0.1, 0.15) is 31.2 Å². The van der Waals surface area contributed by atoms with Gasteiger partial charge in [0.1, 0.15) is 5.82 Å². The molecule has 0 bridgehead atoms. The minimum absolute atomic E-state index is 0.346. The fourth-order valence-corrected chi connectivity index (χ4v) is 2.92. The van der Waals surface area contributed by atoms with Gasteiger partial charge in [-0.25, -0.2) is 4.39 Å². The Balaban J connectivity index is 2.47. The van der Waals surface area contributed by atoms with Gasteiger partial charge in [0.15, 0.2) is 0 Å². The molecule has 16 heavy (non-hydrogen) atoms. The van der Waals surface area contributed by atoms with Gasteiger partial charge in [-0.1, -0.05) is 18.9 Å². The Morgan fingerprint density at radius 2 is 2.00 bits per heavy atom. The molecule has 0 heterocycles. The fourth-order valence-electron chi connectivity index (χ4n) is 2.37. The molecule has 0 unspecified atom stereocenters. The molecule has 1 aromatic rings. The van der Waals surface area contributed by atoms with Crippen molar-refractivity contribution in [1.82, 2.24) is 0 Å². The van der Waals surface area contributed by atoms with Gasteiger partial charge in [0.25, 0.3) is 0 Å². The van der Waals surface area contributed by atoms with Crippen molar-refractivity contribution in [2.75, 3.05) is 0 Å². The summed E-state index contributed by atoms with van der Waals surface area (Å²) in [6.45, 7) is 0. The van der Waals surface area contributed by atoms with E-state index >= 15 is 0 Å². The maximum Gasteiger partial charge on any atom is 0.232 e. The van der Waals surface area contributed by atoms with E-state index in [0.29, 0.717) is 10.0 Å². The normalized spacial score (nSPS) is 18.7. The van der Waals surface area contributed by atoms with Gasteiger partial charge >= 0.3 is 0 Å². The number of rotatable bonds is 2. The van der Waals surface area contributed by atoms with Crippen LogP contribution in [-0.4, -0.2) is 5.24 Å². The monoisotopic (exact) mass is 304 g/mol. The van der Waals surface area contributed by atoms with Gasteiger partial charge < -0.3 is 0 Å². The molecule has 0 radical (unpaired) electrons. The second-order valence-electron chi connectivity index (χ2n) is 4.19. The smallest absolute Gasteiger partial charge is 0.232 e. The molecular weight excluding hydrogens is 294 g/mol. The van der Waals surface area contributed by atoms with Crippen LogP contribution >= 0.6 is 27.5 Å². The lowest BCUT2D eigenvalue weighted by molar-refractivity contribution is -0.116. The highest BCUT2D eigenvalue weighted by Crippen LogP contribution is 2.43. The molecular formula is C12H11BrClFO. The minimum Gasteiger partial charge on any atom is -0.280 e. The zero-order valence-corrected chi connectivity index (χ0v) is 10.9. The van der Waals surface area contributed by atoms with Crippen molar-refractivity contribution < 1.29 is 9.18 Å². The summed E-state index contributed by atoms with van der Waals surface area (Å²) in [5, 5.41) is -0.369. The molecule has 1 nitrogen and oxygen atoms in total. The first-order valence-corrected chi connectivity index (χ1v) is 6.39. The second-order valence-corrected chi connectivity index (χ2v) is 5.39. The third-order valence-electron chi connectivity index (χ3n) is 3.31. The van der Waals surface area contributed by atoms with Crippen LogP contribution in [0.4, 0.5) is 4.39 Å². The Morgan fingerprint density at radius 3 is 2.50 bits per heavy atom. The van der Waals surface area contributed by atoms with Crippen molar-refractivity contribution in [3.63, 3.8) is 0 Å². The van der Waals surface area contributed by atoms with E-state index in [1.807, 2.05) is 0 Å². The van der Waals surface area contributed by atoms with E-state index in [4.69, 9.17) is 11.6 Å². The number of halogens is 3. The molecule has 0 atom stereocenters. The highest BCUT2D eigenvalue weighted by Gasteiger charge is 2.41. The van der Waals surface area contributed by atoms with Gasteiger partial charge in [-0.15, -0.1) is 0 Å². The van der Waals surface area contributed by atoms with Crippen LogP contribution in [0.15, 0.2) is 22.7 Å². The van der Waals surface area contributed by atoms with E-state index in [9.17, 15) is 9.18 Å². The van der Waals surface area contributed by atoms with Crippen molar-refractivity contribution in [3.8, 4) is 0 Å². The van der Waals surface area contributed by atoms with E-state index in [1.165, 1.54) is 6.07 Å². The summed E-state index contributed by atoms with van der Waals surface area (Å²) >= 11 is 8.79. The van der Waals surface area contributed by atoms with Gasteiger partial charge in [0, 0.05) is 0 Å². The van der Waals surface area contributed by atoms with Crippen molar-refractivity contribution >= 4 is 32.8 Å². The Labute approximate surface area is 107 Å². The molecule has 0 amide bonds. The van der Waals surface area contributed by atoms with Crippen LogP contribution in [0.5, 0.6) is 0 Å². The molecule has 2 rings (SSSR count). The first-order chi connectivity index (χ1) is 7.56. The first-order valence-electron chi connectivity index (χ1n) is 5.22. The maximum atomic E-state index is 13.5. The first kappa shape index (κ1) is 12.1. The summed E-state index contributed by atoms with van der Waals surface area (Å²) < 4.78 is 13.9. The molecule has 0 aliphatic heterocycles. The third kappa shape index (κ3) is 1.91. The number of carbonyl (C=O) groups excluding carboxylic acids is 1. The Hall–Kier alpha value is -0.410. The highest BCUT2D eigenvalue weighted by molar-refractivity contribution is 9.10. The summed E-state index contributed by atoms with van der Waals surface area (Å²) in [6.07, 6.45) is 3.37. The molecule has 1 aliphatic carbocycles. The maximum absolute atomic E-state index is 13.5. The number of carbonyl (C=O) groups is 1. The fraction of sp³-hybridized carbons (Fsp3) is 0.417. The Bertz CT molecular complexity index is 427. The SMILES string of the molecule is O=C(Cl)C1(c2ccc(Br)c(F)c2)CCCC1. The van der Waals surface area contributed by atoms with Crippen LogP contribution in [0.25, 0.3) is 0 Å². The summed E-state index contributed by atoms with van der Waals surface area (Å²) in [7, 11) is 0. The number of benzene rings is 1. The molecule has 1 aromatic carbocycles. The van der Waals surface area contributed by atoms with Crippen molar-refractivity contribution in [2.24, 2.45) is 0 Å². The number of hydrogen-bond acceptors (Lipinski definition) is 1. The van der Waals surface area contributed by atoms with E-state index in [-0.39, 0.29) is 11.1 Å². The van der Waals surface area contributed by atoms with Crippen LogP contribution in [0.2, 0.25) is 0 Å². The topological polar surface area (TPSA) is 17.1 Å². The van der Waals surface area contributed by atoms with Crippen LogP contribution in [-0.2, 0) is 10.2 Å². The molecule has 1 fully saturated rings. The average molecular weight is 306 g/mol. The zero-order valence-electron chi connectivity index (χ0n) is 8.60. The van der Waals surface area contributed by atoms with E-state index in [2.05, 4.69) is 15.9 Å². The predicted molar refractivity (Wildman–Crippen MR) is 65.1 cm³/mol. The quantitative estimate of drug-likeness (QED) is 0.750. The van der Waals surface area contributed by atoms with Crippen LogP contribution in [0, 0.1) is 5.82 Å². The Kier molecular flexibility index (Phi) is 3.36. The molecule has 0 saturated heterocycles.